The van der Waals surface area contributed by atoms with Gasteiger partial charge < -0.3 is 14.6 Å². The van der Waals surface area contributed by atoms with E-state index >= 15 is 0 Å². The van der Waals surface area contributed by atoms with E-state index in [2.05, 4.69) is 0 Å². The number of ether oxygens (including phenoxy) is 2. The van der Waals surface area contributed by atoms with Crippen molar-refractivity contribution in [1.29, 1.82) is 0 Å². The van der Waals surface area contributed by atoms with Gasteiger partial charge in [-0.2, -0.15) is 0 Å². The number of benzene rings is 1. The summed E-state index contributed by atoms with van der Waals surface area (Å²) in [5, 5.41) is 10.3. The van der Waals surface area contributed by atoms with E-state index in [1.54, 1.807) is 0 Å². The van der Waals surface area contributed by atoms with E-state index in [9.17, 15) is 5.11 Å². The molecule has 1 saturated heterocycles. The lowest BCUT2D eigenvalue weighted by Crippen LogP contribution is -2.18. The molecule has 0 spiro atoms. The molecule has 1 heterocycles. The molecular formula is C15H22O3. The third kappa shape index (κ3) is 3.24. The van der Waals surface area contributed by atoms with Crippen LogP contribution in [0.2, 0.25) is 0 Å². The minimum atomic E-state index is -0.564. The first kappa shape index (κ1) is 13.4. The van der Waals surface area contributed by atoms with Crippen molar-refractivity contribution in [2.75, 3.05) is 0 Å². The molecule has 0 radical (unpaired) electrons. The standard InChI is InChI=1S/C15H22O3/c1-10(2)17-13-6-4-5-12(9-13)15(16)14-8-7-11(3)18-14/h4-6,9-11,14-16H,7-8H2,1-3H3. The lowest BCUT2D eigenvalue weighted by molar-refractivity contribution is -0.0298. The van der Waals surface area contributed by atoms with Crippen molar-refractivity contribution in [1.82, 2.24) is 0 Å². The van der Waals surface area contributed by atoms with Crippen LogP contribution in [-0.4, -0.2) is 23.4 Å². The van der Waals surface area contributed by atoms with Crippen LogP contribution in [0, 0.1) is 0 Å². The summed E-state index contributed by atoms with van der Waals surface area (Å²) in [4.78, 5) is 0. The van der Waals surface area contributed by atoms with Gasteiger partial charge in [-0.25, -0.2) is 0 Å². The van der Waals surface area contributed by atoms with Gasteiger partial charge in [0.25, 0.3) is 0 Å². The predicted octanol–water partition coefficient (Wildman–Crippen LogP) is 3.07. The topological polar surface area (TPSA) is 38.7 Å². The molecule has 0 aliphatic carbocycles. The van der Waals surface area contributed by atoms with Crippen LogP contribution >= 0.6 is 0 Å². The number of aliphatic hydroxyl groups is 1. The van der Waals surface area contributed by atoms with E-state index in [4.69, 9.17) is 9.47 Å². The summed E-state index contributed by atoms with van der Waals surface area (Å²) in [7, 11) is 0. The minimum absolute atomic E-state index is 0.0886. The maximum absolute atomic E-state index is 10.3. The number of hydrogen-bond acceptors (Lipinski definition) is 3. The van der Waals surface area contributed by atoms with Crippen LogP contribution in [0.3, 0.4) is 0 Å². The fourth-order valence-corrected chi connectivity index (χ4v) is 2.32. The van der Waals surface area contributed by atoms with E-state index in [0.717, 1.165) is 24.2 Å². The molecule has 18 heavy (non-hydrogen) atoms. The maximum Gasteiger partial charge on any atom is 0.120 e. The molecule has 3 heteroatoms. The van der Waals surface area contributed by atoms with Gasteiger partial charge in [-0.1, -0.05) is 12.1 Å². The van der Waals surface area contributed by atoms with E-state index in [0.29, 0.717) is 0 Å². The van der Waals surface area contributed by atoms with E-state index in [1.165, 1.54) is 0 Å². The summed E-state index contributed by atoms with van der Waals surface area (Å²) in [5.74, 6) is 0.799. The molecule has 0 aromatic heterocycles. The zero-order valence-corrected chi connectivity index (χ0v) is 11.3. The Bertz CT molecular complexity index is 389. The first-order valence-corrected chi connectivity index (χ1v) is 6.66. The Labute approximate surface area is 109 Å². The second-order valence-electron chi connectivity index (χ2n) is 5.25. The number of aliphatic hydroxyl groups excluding tert-OH is 1. The normalized spacial score (nSPS) is 25.4. The van der Waals surface area contributed by atoms with Crippen molar-refractivity contribution in [3.8, 4) is 5.75 Å². The van der Waals surface area contributed by atoms with Crippen LogP contribution in [0.1, 0.15) is 45.3 Å². The molecule has 1 aliphatic rings. The third-order valence-electron chi connectivity index (χ3n) is 3.19. The molecule has 3 nitrogen and oxygen atoms in total. The Hall–Kier alpha value is -1.06. The molecular weight excluding hydrogens is 228 g/mol. The van der Waals surface area contributed by atoms with Crippen LogP contribution in [0.5, 0.6) is 5.75 Å². The fraction of sp³-hybridized carbons (Fsp3) is 0.600. The fourth-order valence-electron chi connectivity index (χ4n) is 2.32. The van der Waals surface area contributed by atoms with Gasteiger partial charge in [0.1, 0.15) is 11.9 Å². The molecule has 0 amide bonds. The van der Waals surface area contributed by atoms with Crippen molar-refractivity contribution < 1.29 is 14.6 Å². The average molecular weight is 250 g/mol. The summed E-state index contributed by atoms with van der Waals surface area (Å²) in [6.07, 6.45) is 1.67. The second kappa shape index (κ2) is 5.72. The molecule has 3 unspecified atom stereocenters. The molecule has 2 rings (SSSR count). The van der Waals surface area contributed by atoms with E-state index < -0.39 is 6.10 Å². The Balaban J connectivity index is 2.07. The van der Waals surface area contributed by atoms with Crippen LogP contribution in [0.4, 0.5) is 0 Å². The Morgan fingerprint density at radius 3 is 2.72 bits per heavy atom. The summed E-state index contributed by atoms with van der Waals surface area (Å²) in [6.45, 7) is 6.03. The monoisotopic (exact) mass is 250 g/mol. The van der Waals surface area contributed by atoms with E-state index in [1.807, 2.05) is 45.0 Å². The molecule has 1 N–H and O–H groups in total. The van der Waals surface area contributed by atoms with Crippen molar-refractivity contribution >= 4 is 0 Å². The lowest BCUT2D eigenvalue weighted by Gasteiger charge is -2.19. The molecule has 1 aliphatic heterocycles. The van der Waals surface area contributed by atoms with Crippen molar-refractivity contribution in [2.45, 2.75) is 58.0 Å². The van der Waals surface area contributed by atoms with Gasteiger partial charge in [0.15, 0.2) is 0 Å². The minimum Gasteiger partial charge on any atom is -0.491 e. The Morgan fingerprint density at radius 2 is 2.11 bits per heavy atom. The third-order valence-corrected chi connectivity index (χ3v) is 3.19. The number of rotatable bonds is 4. The SMILES string of the molecule is CC(C)Oc1cccc(C(O)C2CCC(C)O2)c1. The quantitative estimate of drug-likeness (QED) is 0.892. The van der Waals surface area contributed by atoms with Gasteiger partial charge in [-0.05, 0) is 51.3 Å². The number of hydrogen-bond donors (Lipinski definition) is 1. The highest BCUT2D eigenvalue weighted by molar-refractivity contribution is 5.30. The summed E-state index contributed by atoms with van der Waals surface area (Å²) < 4.78 is 11.3. The lowest BCUT2D eigenvalue weighted by atomic mass is 10.0. The summed E-state index contributed by atoms with van der Waals surface area (Å²) >= 11 is 0. The van der Waals surface area contributed by atoms with Gasteiger partial charge in [-0.3, -0.25) is 0 Å². The molecule has 1 fully saturated rings. The van der Waals surface area contributed by atoms with Gasteiger partial charge in [0.2, 0.25) is 0 Å². The first-order chi connectivity index (χ1) is 8.56. The van der Waals surface area contributed by atoms with Crippen LogP contribution in [-0.2, 0) is 4.74 Å². The second-order valence-corrected chi connectivity index (χ2v) is 5.25. The average Bonchev–Trinajstić information content (AvgIpc) is 2.74. The highest BCUT2D eigenvalue weighted by Crippen LogP contribution is 2.31. The largest absolute Gasteiger partial charge is 0.491 e. The van der Waals surface area contributed by atoms with Crippen LogP contribution in [0.15, 0.2) is 24.3 Å². The summed E-state index contributed by atoms with van der Waals surface area (Å²) in [5.41, 5.74) is 0.868. The van der Waals surface area contributed by atoms with Gasteiger partial charge in [0, 0.05) is 0 Å². The molecule has 1 aromatic carbocycles. The smallest absolute Gasteiger partial charge is 0.120 e. The van der Waals surface area contributed by atoms with Crippen molar-refractivity contribution in [3.63, 3.8) is 0 Å². The highest BCUT2D eigenvalue weighted by atomic mass is 16.5. The zero-order chi connectivity index (χ0) is 13.1. The maximum atomic E-state index is 10.3. The van der Waals surface area contributed by atoms with Crippen molar-refractivity contribution in [3.05, 3.63) is 29.8 Å². The van der Waals surface area contributed by atoms with Crippen LogP contribution < -0.4 is 4.74 Å². The highest BCUT2D eigenvalue weighted by Gasteiger charge is 2.29. The van der Waals surface area contributed by atoms with E-state index in [-0.39, 0.29) is 18.3 Å². The molecule has 3 atom stereocenters. The Kier molecular flexibility index (Phi) is 4.25. The zero-order valence-electron chi connectivity index (χ0n) is 11.3. The molecule has 0 saturated carbocycles. The molecule has 100 valence electrons. The molecule has 0 bridgehead atoms. The van der Waals surface area contributed by atoms with Crippen LogP contribution in [0.25, 0.3) is 0 Å². The molecule has 1 aromatic rings. The van der Waals surface area contributed by atoms with Gasteiger partial charge in [-0.15, -0.1) is 0 Å². The Morgan fingerprint density at radius 1 is 1.33 bits per heavy atom. The van der Waals surface area contributed by atoms with Gasteiger partial charge in [0.05, 0.1) is 18.3 Å². The first-order valence-electron chi connectivity index (χ1n) is 6.66. The van der Waals surface area contributed by atoms with Crippen molar-refractivity contribution in [2.24, 2.45) is 0 Å². The summed E-state index contributed by atoms with van der Waals surface area (Å²) in [6, 6.07) is 7.64. The predicted molar refractivity (Wildman–Crippen MR) is 70.7 cm³/mol. The van der Waals surface area contributed by atoms with Gasteiger partial charge >= 0.3 is 0 Å².